The molecule has 0 atom stereocenters. The maximum atomic E-state index is 11.9. The zero-order valence-corrected chi connectivity index (χ0v) is 8.77. The van der Waals surface area contributed by atoms with Gasteiger partial charge in [-0.15, -0.1) is 0 Å². The van der Waals surface area contributed by atoms with Gasteiger partial charge in [-0.2, -0.15) is 13.2 Å². The number of Topliss-reactive ketones (excluding diaryl/α,β-unsaturated/α-hetero) is 1. The fourth-order valence-electron chi connectivity index (χ4n) is 1.21. The van der Waals surface area contributed by atoms with Crippen molar-refractivity contribution in [3.8, 4) is 0 Å². The van der Waals surface area contributed by atoms with Crippen molar-refractivity contribution in [2.45, 2.75) is 25.9 Å². The summed E-state index contributed by atoms with van der Waals surface area (Å²) in [6.07, 6.45) is -5.93. The molecule has 1 rings (SSSR count). The van der Waals surface area contributed by atoms with E-state index in [9.17, 15) is 18.0 Å². The molecule has 0 aliphatic carbocycles. The predicted octanol–water partition coefficient (Wildman–Crippen LogP) is 3.10. The highest BCUT2D eigenvalue weighted by Crippen LogP contribution is 2.23. The van der Waals surface area contributed by atoms with Crippen molar-refractivity contribution in [2.24, 2.45) is 0 Å². The Bertz CT molecular complexity index is 399. The molecule has 5 heteroatoms. The van der Waals surface area contributed by atoms with Crippen LogP contribution in [0.5, 0.6) is 0 Å². The Labute approximate surface area is 91.3 Å². The summed E-state index contributed by atoms with van der Waals surface area (Å²) in [6, 6.07) is 4.52. The number of alkyl halides is 3. The van der Waals surface area contributed by atoms with Gasteiger partial charge in [0.1, 0.15) is 0 Å². The fraction of sp³-hybridized carbons (Fsp3) is 0.364. The van der Waals surface area contributed by atoms with Gasteiger partial charge in [-0.05, 0) is 18.6 Å². The summed E-state index contributed by atoms with van der Waals surface area (Å²) in [7, 11) is 0. The highest BCUT2D eigenvalue weighted by Gasteiger charge is 2.28. The largest absolute Gasteiger partial charge is 0.398 e. The minimum absolute atomic E-state index is 0.229. The molecular weight excluding hydrogens is 219 g/mol. The van der Waals surface area contributed by atoms with E-state index in [0.717, 1.165) is 5.56 Å². The topological polar surface area (TPSA) is 43.1 Å². The minimum atomic E-state index is -4.30. The molecule has 0 aliphatic heterocycles. The monoisotopic (exact) mass is 231 g/mol. The number of nitrogen functional groups attached to an aromatic ring is 1. The summed E-state index contributed by atoms with van der Waals surface area (Å²) >= 11 is 0. The van der Waals surface area contributed by atoms with Crippen LogP contribution in [0, 0.1) is 6.92 Å². The second-order valence-electron chi connectivity index (χ2n) is 3.61. The number of carbonyl (C=O) groups is 1. The molecule has 0 amide bonds. The molecule has 16 heavy (non-hydrogen) atoms. The Kier molecular flexibility index (Phi) is 3.57. The highest BCUT2D eigenvalue weighted by molar-refractivity contribution is 5.97. The molecular formula is C11H12F3NO. The number of halogens is 3. The Balaban J connectivity index is 2.70. The van der Waals surface area contributed by atoms with Crippen LogP contribution in [0.3, 0.4) is 0 Å². The first kappa shape index (κ1) is 12.5. The molecule has 0 saturated heterocycles. The van der Waals surface area contributed by atoms with Crippen molar-refractivity contribution in [1.82, 2.24) is 0 Å². The van der Waals surface area contributed by atoms with Gasteiger partial charge in [0.25, 0.3) is 0 Å². The molecule has 0 radical (unpaired) electrons. The van der Waals surface area contributed by atoms with E-state index in [1.165, 1.54) is 12.1 Å². The smallest absolute Gasteiger partial charge is 0.389 e. The average Bonchev–Trinajstić information content (AvgIpc) is 2.17. The molecule has 0 aliphatic rings. The van der Waals surface area contributed by atoms with Gasteiger partial charge in [0, 0.05) is 17.7 Å². The third-order valence-electron chi connectivity index (χ3n) is 2.24. The molecule has 0 spiro atoms. The zero-order chi connectivity index (χ0) is 12.3. The maximum absolute atomic E-state index is 11.9. The van der Waals surface area contributed by atoms with Crippen molar-refractivity contribution < 1.29 is 18.0 Å². The predicted molar refractivity (Wildman–Crippen MR) is 55.2 cm³/mol. The lowest BCUT2D eigenvalue weighted by molar-refractivity contribution is -0.133. The SMILES string of the molecule is Cc1ccc(C(=O)CCC(F)(F)F)cc1N. The Morgan fingerprint density at radius 3 is 2.50 bits per heavy atom. The quantitative estimate of drug-likeness (QED) is 0.641. The van der Waals surface area contributed by atoms with Crippen molar-refractivity contribution in [3.05, 3.63) is 29.3 Å². The van der Waals surface area contributed by atoms with Gasteiger partial charge in [-0.25, -0.2) is 0 Å². The van der Waals surface area contributed by atoms with E-state index < -0.39 is 24.8 Å². The van der Waals surface area contributed by atoms with Crippen LogP contribution in [0.2, 0.25) is 0 Å². The van der Waals surface area contributed by atoms with E-state index in [0.29, 0.717) is 5.69 Å². The lowest BCUT2D eigenvalue weighted by atomic mass is 10.0. The van der Waals surface area contributed by atoms with Gasteiger partial charge >= 0.3 is 6.18 Å². The number of anilines is 1. The number of hydrogen-bond acceptors (Lipinski definition) is 2. The molecule has 2 N–H and O–H groups in total. The van der Waals surface area contributed by atoms with Crippen LogP contribution in [-0.2, 0) is 0 Å². The summed E-state index contributed by atoms with van der Waals surface area (Å²) < 4.78 is 35.7. The van der Waals surface area contributed by atoms with Gasteiger partial charge in [0.05, 0.1) is 6.42 Å². The molecule has 0 fully saturated rings. The normalized spacial score (nSPS) is 11.5. The van der Waals surface area contributed by atoms with E-state index in [-0.39, 0.29) is 5.56 Å². The third-order valence-corrected chi connectivity index (χ3v) is 2.24. The van der Waals surface area contributed by atoms with Crippen LogP contribution in [-0.4, -0.2) is 12.0 Å². The molecule has 0 unspecified atom stereocenters. The number of aryl methyl sites for hydroxylation is 1. The maximum Gasteiger partial charge on any atom is 0.389 e. The number of rotatable bonds is 3. The third kappa shape index (κ3) is 3.56. The summed E-state index contributed by atoms with van der Waals surface area (Å²) in [5.74, 6) is -0.538. The van der Waals surface area contributed by atoms with E-state index in [4.69, 9.17) is 5.73 Å². The molecule has 88 valence electrons. The van der Waals surface area contributed by atoms with E-state index in [1.807, 2.05) is 0 Å². The van der Waals surface area contributed by atoms with Gasteiger partial charge in [0.2, 0.25) is 0 Å². The number of ketones is 1. The Morgan fingerprint density at radius 2 is 2.00 bits per heavy atom. The first-order valence-electron chi connectivity index (χ1n) is 4.75. The summed E-state index contributed by atoms with van der Waals surface area (Å²) in [6.45, 7) is 1.76. The first-order chi connectivity index (χ1) is 7.29. The Morgan fingerprint density at radius 1 is 1.38 bits per heavy atom. The lowest BCUT2D eigenvalue weighted by Crippen LogP contribution is -2.11. The number of nitrogens with two attached hydrogens (primary N) is 1. The molecule has 1 aromatic carbocycles. The number of hydrogen-bond donors (Lipinski definition) is 1. The van der Waals surface area contributed by atoms with Gasteiger partial charge in [-0.3, -0.25) is 4.79 Å². The van der Waals surface area contributed by atoms with E-state index in [2.05, 4.69) is 0 Å². The molecule has 2 nitrogen and oxygen atoms in total. The van der Waals surface area contributed by atoms with Gasteiger partial charge < -0.3 is 5.73 Å². The first-order valence-corrected chi connectivity index (χ1v) is 4.75. The molecule has 0 bridgehead atoms. The zero-order valence-electron chi connectivity index (χ0n) is 8.77. The van der Waals surface area contributed by atoms with Crippen molar-refractivity contribution >= 4 is 11.5 Å². The highest BCUT2D eigenvalue weighted by atomic mass is 19.4. The van der Waals surface area contributed by atoms with Crippen molar-refractivity contribution in [1.29, 1.82) is 0 Å². The van der Waals surface area contributed by atoms with Gasteiger partial charge in [-0.1, -0.05) is 12.1 Å². The number of benzene rings is 1. The van der Waals surface area contributed by atoms with Crippen LogP contribution in [0.1, 0.15) is 28.8 Å². The molecule has 1 aromatic rings. The second kappa shape index (κ2) is 4.55. The van der Waals surface area contributed by atoms with Crippen LogP contribution >= 0.6 is 0 Å². The lowest BCUT2D eigenvalue weighted by Gasteiger charge is -2.06. The van der Waals surface area contributed by atoms with E-state index >= 15 is 0 Å². The van der Waals surface area contributed by atoms with Crippen LogP contribution in [0.15, 0.2) is 18.2 Å². The van der Waals surface area contributed by atoms with Crippen LogP contribution in [0.4, 0.5) is 18.9 Å². The summed E-state index contributed by atoms with van der Waals surface area (Å²) in [5.41, 5.74) is 7.01. The van der Waals surface area contributed by atoms with Gasteiger partial charge in [0.15, 0.2) is 5.78 Å². The summed E-state index contributed by atoms with van der Waals surface area (Å²) in [4.78, 5) is 11.4. The standard InChI is InChI=1S/C11H12F3NO/c1-7-2-3-8(6-9(7)15)10(16)4-5-11(12,13)14/h2-3,6H,4-5,15H2,1H3. The summed E-state index contributed by atoms with van der Waals surface area (Å²) in [5, 5.41) is 0. The van der Waals surface area contributed by atoms with Crippen molar-refractivity contribution in [3.63, 3.8) is 0 Å². The van der Waals surface area contributed by atoms with Crippen LogP contribution in [0.25, 0.3) is 0 Å². The second-order valence-corrected chi connectivity index (χ2v) is 3.61. The number of carbonyl (C=O) groups excluding carboxylic acids is 1. The molecule has 0 aromatic heterocycles. The minimum Gasteiger partial charge on any atom is -0.398 e. The Hall–Kier alpha value is -1.52. The average molecular weight is 231 g/mol. The van der Waals surface area contributed by atoms with Crippen molar-refractivity contribution in [2.75, 3.05) is 5.73 Å². The fourth-order valence-corrected chi connectivity index (χ4v) is 1.21. The van der Waals surface area contributed by atoms with Crippen LogP contribution < -0.4 is 5.73 Å². The molecule has 0 saturated carbocycles. The van der Waals surface area contributed by atoms with E-state index in [1.54, 1.807) is 13.0 Å². The molecule has 0 heterocycles.